The van der Waals surface area contributed by atoms with Crippen molar-refractivity contribution in [3.63, 3.8) is 0 Å². The molecule has 0 unspecified atom stereocenters. The number of carbonyl (C=O) groups is 1. The predicted molar refractivity (Wildman–Crippen MR) is 77.2 cm³/mol. The van der Waals surface area contributed by atoms with E-state index < -0.39 is 11.4 Å². The van der Waals surface area contributed by atoms with Crippen molar-refractivity contribution in [3.8, 4) is 0 Å². The van der Waals surface area contributed by atoms with Crippen LogP contribution in [0.2, 0.25) is 0 Å². The molecule has 0 spiro atoms. The van der Waals surface area contributed by atoms with Gasteiger partial charge in [0.05, 0.1) is 5.41 Å². The van der Waals surface area contributed by atoms with Crippen LogP contribution in [0, 0.1) is 5.41 Å². The number of aryl methyl sites for hydroxylation is 1. The highest BCUT2D eigenvalue weighted by molar-refractivity contribution is 5.74. The molecule has 0 bridgehead atoms. The van der Waals surface area contributed by atoms with Gasteiger partial charge in [-0.15, -0.1) is 0 Å². The van der Waals surface area contributed by atoms with Crippen LogP contribution in [-0.2, 0) is 11.2 Å². The van der Waals surface area contributed by atoms with Gasteiger partial charge in [-0.2, -0.15) is 0 Å². The predicted octanol–water partition coefficient (Wildman–Crippen LogP) is 4.43. The summed E-state index contributed by atoms with van der Waals surface area (Å²) in [6.07, 6.45) is 9.12. The number of rotatable bonds is 5. The fourth-order valence-electron chi connectivity index (χ4n) is 3.25. The summed E-state index contributed by atoms with van der Waals surface area (Å²) < 4.78 is 0. The Balaban J connectivity index is 1.91. The monoisotopic (exact) mass is 260 g/mol. The van der Waals surface area contributed by atoms with Crippen molar-refractivity contribution in [2.24, 2.45) is 5.41 Å². The van der Waals surface area contributed by atoms with Crippen LogP contribution < -0.4 is 0 Å². The Labute approximate surface area is 115 Å². The van der Waals surface area contributed by atoms with Gasteiger partial charge in [0, 0.05) is 0 Å². The Bertz CT molecular complexity index is 389. The number of hydrogen-bond donors (Lipinski definition) is 1. The molecular weight excluding hydrogens is 236 g/mol. The van der Waals surface area contributed by atoms with Gasteiger partial charge in [-0.1, -0.05) is 56.0 Å². The van der Waals surface area contributed by atoms with E-state index in [-0.39, 0.29) is 0 Å². The second-order valence-corrected chi connectivity index (χ2v) is 5.84. The van der Waals surface area contributed by atoms with Crippen molar-refractivity contribution in [1.29, 1.82) is 0 Å². The molecule has 1 saturated carbocycles. The van der Waals surface area contributed by atoms with Crippen molar-refractivity contribution >= 4 is 5.97 Å². The molecule has 0 amide bonds. The lowest BCUT2D eigenvalue weighted by Crippen LogP contribution is -2.30. The number of carboxylic acids is 1. The summed E-state index contributed by atoms with van der Waals surface area (Å²) in [7, 11) is 0. The van der Waals surface area contributed by atoms with Gasteiger partial charge >= 0.3 is 5.97 Å². The van der Waals surface area contributed by atoms with Gasteiger partial charge in [0.15, 0.2) is 0 Å². The average molecular weight is 260 g/mol. The summed E-state index contributed by atoms with van der Waals surface area (Å²) in [5.74, 6) is -0.567. The fourth-order valence-corrected chi connectivity index (χ4v) is 3.25. The molecule has 0 radical (unpaired) electrons. The number of hydrogen-bond acceptors (Lipinski definition) is 1. The van der Waals surface area contributed by atoms with Crippen LogP contribution in [0.15, 0.2) is 30.3 Å². The SMILES string of the molecule is O=C(O)C1(CCCc2ccccc2)CCCCCC1. The molecule has 2 rings (SSSR count). The molecule has 1 fully saturated rings. The maximum absolute atomic E-state index is 11.7. The molecular formula is C17H24O2. The summed E-state index contributed by atoms with van der Waals surface area (Å²) in [6, 6.07) is 10.4. The standard InChI is InChI=1S/C17H24O2/c18-16(19)17(12-6-1-2-7-13-17)14-8-11-15-9-4-3-5-10-15/h3-5,9-10H,1-2,6-8,11-14H2,(H,18,19). The average Bonchev–Trinajstić information content (AvgIpc) is 2.67. The van der Waals surface area contributed by atoms with Gasteiger partial charge in [0.2, 0.25) is 0 Å². The molecule has 0 atom stereocenters. The molecule has 1 aliphatic rings. The zero-order valence-electron chi connectivity index (χ0n) is 11.6. The minimum absolute atomic E-state index is 0.439. The van der Waals surface area contributed by atoms with Crippen molar-refractivity contribution in [3.05, 3.63) is 35.9 Å². The third-order valence-corrected chi connectivity index (χ3v) is 4.48. The largest absolute Gasteiger partial charge is 0.481 e. The summed E-state index contributed by atoms with van der Waals surface area (Å²) in [4.78, 5) is 11.7. The number of carboxylic acid groups (broad SMARTS) is 1. The number of benzene rings is 1. The van der Waals surface area contributed by atoms with E-state index in [1.54, 1.807) is 0 Å². The van der Waals surface area contributed by atoms with Gasteiger partial charge in [0.1, 0.15) is 0 Å². The number of aliphatic carboxylic acids is 1. The molecule has 1 aromatic rings. The van der Waals surface area contributed by atoms with Crippen molar-refractivity contribution in [1.82, 2.24) is 0 Å². The van der Waals surface area contributed by atoms with Crippen LogP contribution in [0.3, 0.4) is 0 Å². The van der Waals surface area contributed by atoms with E-state index in [1.807, 2.05) is 18.2 Å². The lowest BCUT2D eigenvalue weighted by Gasteiger charge is -2.28. The van der Waals surface area contributed by atoms with Crippen LogP contribution in [0.1, 0.15) is 56.9 Å². The van der Waals surface area contributed by atoms with Gasteiger partial charge in [-0.3, -0.25) is 4.79 Å². The summed E-state index contributed by atoms with van der Waals surface area (Å²) in [5, 5.41) is 9.61. The molecule has 1 aliphatic carbocycles. The van der Waals surface area contributed by atoms with E-state index in [0.29, 0.717) is 0 Å². The first-order chi connectivity index (χ1) is 9.23. The highest BCUT2D eigenvalue weighted by Crippen LogP contribution is 2.39. The lowest BCUT2D eigenvalue weighted by molar-refractivity contribution is -0.150. The molecule has 19 heavy (non-hydrogen) atoms. The van der Waals surface area contributed by atoms with E-state index in [0.717, 1.165) is 44.9 Å². The molecule has 0 aromatic heterocycles. The van der Waals surface area contributed by atoms with Gasteiger partial charge < -0.3 is 5.11 Å². The molecule has 0 aliphatic heterocycles. The van der Waals surface area contributed by atoms with E-state index in [1.165, 1.54) is 18.4 Å². The maximum Gasteiger partial charge on any atom is 0.309 e. The minimum atomic E-state index is -0.567. The first-order valence-electron chi connectivity index (χ1n) is 7.50. The van der Waals surface area contributed by atoms with Crippen molar-refractivity contribution in [2.75, 3.05) is 0 Å². The van der Waals surface area contributed by atoms with E-state index in [9.17, 15) is 9.90 Å². The second kappa shape index (κ2) is 6.74. The highest BCUT2D eigenvalue weighted by Gasteiger charge is 2.37. The topological polar surface area (TPSA) is 37.3 Å². The molecule has 0 saturated heterocycles. The van der Waals surface area contributed by atoms with Gasteiger partial charge in [-0.05, 0) is 37.7 Å². The van der Waals surface area contributed by atoms with Crippen LogP contribution >= 0.6 is 0 Å². The normalized spacial score (nSPS) is 18.7. The summed E-state index contributed by atoms with van der Waals surface area (Å²) in [6.45, 7) is 0. The van der Waals surface area contributed by atoms with Crippen molar-refractivity contribution in [2.45, 2.75) is 57.8 Å². The smallest absolute Gasteiger partial charge is 0.309 e. The zero-order chi connectivity index (χ0) is 13.6. The molecule has 1 N–H and O–H groups in total. The highest BCUT2D eigenvalue weighted by atomic mass is 16.4. The lowest BCUT2D eigenvalue weighted by atomic mass is 9.76. The molecule has 104 valence electrons. The third-order valence-electron chi connectivity index (χ3n) is 4.48. The van der Waals surface area contributed by atoms with Crippen molar-refractivity contribution < 1.29 is 9.90 Å². The summed E-state index contributed by atoms with van der Waals surface area (Å²) >= 11 is 0. The Kier molecular flexibility index (Phi) is 5.00. The summed E-state index contributed by atoms with van der Waals surface area (Å²) in [5.41, 5.74) is 0.877. The first kappa shape index (κ1) is 14.1. The van der Waals surface area contributed by atoms with E-state index >= 15 is 0 Å². The van der Waals surface area contributed by atoms with E-state index in [2.05, 4.69) is 12.1 Å². The molecule has 1 aromatic carbocycles. The van der Waals surface area contributed by atoms with Gasteiger partial charge in [0.25, 0.3) is 0 Å². The second-order valence-electron chi connectivity index (χ2n) is 5.84. The zero-order valence-corrected chi connectivity index (χ0v) is 11.6. The Morgan fingerprint density at radius 2 is 1.68 bits per heavy atom. The van der Waals surface area contributed by atoms with E-state index in [4.69, 9.17) is 0 Å². The Morgan fingerprint density at radius 1 is 1.05 bits per heavy atom. The third kappa shape index (κ3) is 3.82. The fraction of sp³-hybridized carbons (Fsp3) is 0.588. The van der Waals surface area contributed by atoms with Crippen LogP contribution in [0.25, 0.3) is 0 Å². The first-order valence-corrected chi connectivity index (χ1v) is 7.50. The van der Waals surface area contributed by atoms with Crippen LogP contribution in [-0.4, -0.2) is 11.1 Å². The van der Waals surface area contributed by atoms with Gasteiger partial charge in [-0.25, -0.2) is 0 Å². The van der Waals surface area contributed by atoms with Crippen LogP contribution in [0.4, 0.5) is 0 Å². The molecule has 0 heterocycles. The maximum atomic E-state index is 11.7. The molecule has 2 heteroatoms. The Morgan fingerprint density at radius 3 is 2.26 bits per heavy atom. The Hall–Kier alpha value is -1.31. The van der Waals surface area contributed by atoms with Crippen LogP contribution in [0.5, 0.6) is 0 Å². The minimum Gasteiger partial charge on any atom is -0.481 e. The quantitative estimate of drug-likeness (QED) is 0.795. The molecule has 2 nitrogen and oxygen atoms in total.